The Morgan fingerprint density at radius 2 is 1.54 bits per heavy atom. The lowest BCUT2D eigenvalue weighted by Gasteiger charge is -2.16. The van der Waals surface area contributed by atoms with Crippen LogP contribution in [0.3, 0.4) is 0 Å². The van der Waals surface area contributed by atoms with E-state index in [0.717, 1.165) is 12.1 Å². The number of aliphatic imine (C=N–C) groups is 1. The highest BCUT2D eigenvalue weighted by Crippen LogP contribution is 2.18. The van der Waals surface area contributed by atoms with Crippen molar-refractivity contribution in [1.29, 1.82) is 0 Å². The largest absolute Gasteiger partial charge is 0.280 e. The summed E-state index contributed by atoms with van der Waals surface area (Å²) in [6.07, 6.45) is 5.46. The summed E-state index contributed by atoms with van der Waals surface area (Å²) in [5.41, 5.74) is 3.96. The SMILES string of the molecule is CC1=CC(=NC(C)(C)C)C=C(C)C1. The summed E-state index contributed by atoms with van der Waals surface area (Å²) in [4.78, 5) is 4.63. The molecule has 0 aliphatic heterocycles. The standard InChI is InChI=1S/C12H19N/c1-9-6-10(2)8-11(7-9)13-12(3,4)5/h7-8H,6H2,1-5H3. The molecule has 72 valence electrons. The van der Waals surface area contributed by atoms with E-state index in [9.17, 15) is 0 Å². The molecule has 1 heteroatoms. The van der Waals surface area contributed by atoms with Gasteiger partial charge in [-0.05, 0) is 53.2 Å². The van der Waals surface area contributed by atoms with Crippen molar-refractivity contribution in [2.24, 2.45) is 4.99 Å². The van der Waals surface area contributed by atoms with E-state index < -0.39 is 0 Å². The molecule has 0 heterocycles. The van der Waals surface area contributed by atoms with Gasteiger partial charge in [-0.25, -0.2) is 0 Å². The molecular weight excluding hydrogens is 158 g/mol. The fourth-order valence-electron chi connectivity index (χ4n) is 1.54. The zero-order valence-electron chi connectivity index (χ0n) is 9.31. The number of rotatable bonds is 0. The minimum atomic E-state index is 0.0280. The fraction of sp³-hybridized carbons (Fsp3) is 0.583. The molecule has 0 N–H and O–H groups in total. The molecule has 0 bridgehead atoms. The molecule has 1 aliphatic rings. The molecule has 0 aromatic heterocycles. The summed E-state index contributed by atoms with van der Waals surface area (Å²) in [6.45, 7) is 10.7. The van der Waals surface area contributed by atoms with Gasteiger partial charge >= 0.3 is 0 Å². The van der Waals surface area contributed by atoms with Crippen LogP contribution >= 0.6 is 0 Å². The molecule has 0 amide bonds. The summed E-state index contributed by atoms with van der Waals surface area (Å²) in [6, 6.07) is 0. The third-order valence-electron chi connectivity index (χ3n) is 1.81. The van der Waals surface area contributed by atoms with E-state index in [0.29, 0.717) is 0 Å². The van der Waals surface area contributed by atoms with Crippen LogP contribution in [-0.2, 0) is 0 Å². The fourth-order valence-corrected chi connectivity index (χ4v) is 1.54. The summed E-state index contributed by atoms with van der Waals surface area (Å²) < 4.78 is 0. The van der Waals surface area contributed by atoms with Crippen molar-refractivity contribution in [3.8, 4) is 0 Å². The van der Waals surface area contributed by atoms with Crippen molar-refractivity contribution in [1.82, 2.24) is 0 Å². The van der Waals surface area contributed by atoms with Crippen LogP contribution in [0.5, 0.6) is 0 Å². The molecule has 1 rings (SSSR count). The molecule has 0 atom stereocenters. The molecule has 1 nitrogen and oxygen atoms in total. The first-order chi connectivity index (χ1) is 5.87. The van der Waals surface area contributed by atoms with E-state index in [1.807, 2.05) is 0 Å². The predicted molar refractivity (Wildman–Crippen MR) is 59.3 cm³/mol. The summed E-state index contributed by atoms with van der Waals surface area (Å²) in [7, 11) is 0. The van der Waals surface area contributed by atoms with Gasteiger partial charge in [0.1, 0.15) is 0 Å². The highest BCUT2D eigenvalue weighted by molar-refractivity contribution is 6.06. The van der Waals surface area contributed by atoms with Crippen LogP contribution in [-0.4, -0.2) is 11.3 Å². The van der Waals surface area contributed by atoms with Gasteiger partial charge in [-0.15, -0.1) is 0 Å². The summed E-state index contributed by atoms with van der Waals surface area (Å²) in [5.74, 6) is 0. The molecule has 0 aromatic carbocycles. The minimum Gasteiger partial charge on any atom is -0.280 e. The molecule has 1 aliphatic carbocycles. The van der Waals surface area contributed by atoms with Gasteiger partial charge in [-0.1, -0.05) is 11.1 Å². The Hall–Kier alpha value is -0.850. The van der Waals surface area contributed by atoms with Crippen molar-refractivity contribution in [3.05, 3.63) is 23.3 Å². The topological polar surface area (TPSA) is 12.4 Å². The second-order valence-electron chi connectivity index (χ2n) is 4.87. The number of hydrogen-bond donors (Lipinski definition) is 0. The van der Waals surface area contributed by atoms with Crippen molar-refractivity contribution >= 4 is 5.71 Å². The van der Waals surface area contributed by atoms with Gasteiger partial charge in [0.05, 0.1) is 11.3 Å². The normalized spacial score (nSPS) is 18.1. The van der Waals surface area contributed by atoms with Crippen LogP contribution in [0.25, 0.3) is 0 Å². The Bertz CT molecular complexity index is 265. The zero-order valence-corrected chi connectivity index (χ0v) is 9.31. The summed E-state index contributed by atoms with van der Waals surface area (Å²) >= 11 is 0. The van der Waals surface area contributed by atoms with Gasteiger partial charge in [0.25, 0.3) is 0 Å². The maximum Gasteiger partial charge on any atom is 0.0579 e. The molecule has 0 spiro atoms. The van der Waals surface area contributed by atoms with Crippen LogP contribution in [0.15, 0.2) is 28.3 Å². The highest BCUT2D eigenvalue weighted by Gasteiger charge is 2.10. The Labute approximate surface area is 81.3 Å². The van der Waals surface area contributed by atoms with Crippen LogP contribution in [0, 0.1) is 0 Å². The van der Waals surface area contributed by atoms with E-state index in [1.165, 1.54) is 11.1 Å². The molecule has 0 saturated heterocycles. The van der Waals surface area contributed by atoms with Crippen molar-refractivity contribution in [2.45, 2.75) is 46.6 Å². The summed E-state index contributed by atoms with van der Waals surface area (Å²) in [5, 5.41) is 0. The lowest BCUT2D eigenvalue weighted by atomic mass is 9.99. The van der Waals surface area contributed by atoms with Crippen molar-refractivity contribution in [3.63, 3.8) is 0 Å². The van der Waals surface area contributed by atoms with E-state index >= 15 is 0 Å². The monoisotopic (exact) mass is 177 g/mol. The zero-order chi connectivity index (χ0) is 10.1. The van der Waals surface area contributed by atoms with Crippen molar-refractivity contribution < 1.29 is 0 Å². The van der Waals surface area contributed by atoms with Crippen LogP contribution in [0.4, 0.5) is 0 Å². The molecule has 0 unspecified atom stereocenters. The Kier molecular flexibility index (Phi) is 2.74. The number of hydrogen-bond acceptors (Lipinski definition) is 1. The van der Waals surface area contributed by atoms with Gasteiger partial charge in [0.15, 0.2) is 0 Å². The molecule has 0 fully saturated rings. The average Bonchev–Trinajstić information content (AvgIpc) is 1.78. The van der Waals surface area contributed by atoms with Gasteiger partial charge in [-0.2, -0.15) is 0 Å². The van der Waals surface area contributed by atoms with E-state index in [4.69, 9.17) is 0 Å². The number of allylic oxidation sites excluding steroid dienone is 4. The molecular formula is C12H19N. The quantitative estimate of drug-likeness (QED) is 0.537. The van der Waals surface area contributed by atoms with E-state index in [2.05, 4.69) is 51.8 Å². The first-order valence-electron chi connectivity index (χ1n) is 4.81. The second-order valence-corrected chi connectivity index (χ2v) is 4.87. The van der Waals surface area contributed by atoms with Gasteiger partial charge in [0.2, 0.25) is 0 Å². The predicted octanol–water partition coefficient (Wildman–Crippen LogP) is 3.52. The minimum absolute atomic E-state index is 0.0280. The molecule has 0 radical (unpaired) electrons. The smallest absolute Gasteiger partial charge is 0.0579 e. The van der Waals surface area contributed by atoms with Crippen LogP contribution in [0.1, 0.15) is 41.0 Å². The highest BCUT2D eigenvalue weighted by atomic mass is 14.8. The maximum absolute atomic E-state index is 4.63. The van der Waals surface area contributed by atoms with Gasteiger partial charge in [-0.3, -0.25) is 4.99 Å². The Balaban J connectivity index is 2.93. The number of nitrogens with zero attached hydrogens (tertiary/aromatic N) is 1. The first kappa shape index (κ1) is 10.2. The second kappa shape index (κ2) is 3.49. The molecule has 0 saturated carbocycles. The lowest BCUT2D eigenvalue weighted by molar-refractivity contribution is 0.585. The van der Waals surface area contributed by atoms with Crippen molar-refractivity contribution in [2.75, 3.05) is 0 Å². The molecule has 0 aromatic rings. The Morgan fingerprint density at radius 1 is 1.08 bits per heavy atom. The maximum atomic E-state index is 4.63. The lowest BCUT2D eigenvalue weighted by Crippen LogP contribution is -2.13. The third-order valence-corrected chi connectivity index (χ3v) is 1.81. The Morgan fingerprint density at radius 3 is 1.92 bits per heavy atom. The third kappa shape index (κ3) is 3.58. The van der Waals surface area contributed by atoms with E-state index in [-0.39, 0.29) is 5.54 Å². The first-order valence-corrected chi connectivity index (χ1v) is 4.81. The van der Waals surface area contributed by atoms with E-state index in [1.54, 1.807) is 0 Å². The van der Waals surface area contributed by atoms with Crippen LogP contribution < -0.4 is 0 Å². The van der Waals surface area contributed by atoms with Crippen LogP contribution in [0.2, 0.25) is 0 Å². The molecule has 13 heavy (non-hydrogen) atoms. The van der Waals surface area contributed by atoms with Gasteiger partial charge < -0.3 is 0 Å². The average molecular weight is 177 g/mol. The van der Waals surface area contributed by atoms with Gasteiger partial charge in [0, 0.05) is 0 Å².